The third kappa shape index (κ3) is 6.23. The van der Waals surface area contributed by atoms with Gasteiger partial charge in [0.25, 0.3) is 15.9 Å². The fraction of sp³-hybridized carbons (Fsp3) is 0.269. The van der Waals surface area contributed by atoms with Crippen molar-refractivity contribution >= 4 is 60.7 Å². The van der Waals surface area contributed by atoms with E-state index in [0.29, 0.717) is 43.2 Å². The van der Waals surface area contributed by atoms with Crippen LogP contribution in [0.15, 0.2) is 76.1 Å². The number of benzene rings is 3. The van der Waals surface area contributed by atoms with Gasteiger partial charge in [0.1, 0.15) is 4.90 Å². The van der Waals surface area contributed by atoms with Crippen LogP contribution in [-0.2, 0) is 21.4 Å². The zero-order valence-corrected chi connectivity index (χ0v) is 23.4. The number of amides is 1. The molecule has 10 heteroatoms. The standard InChI is InChI=1S/C26H25BrCl2N2O4S/c1-30(22-9-7-21(28)8-10-22)36(33,34)25-16-19(4-11-24(25)29)26(32)31-14-12-23(13-15-31)35-17-18-2-5-20(27)6-3-18/h2-11,16,23H,12-15,17H2,1H3. The zero-order chi connectivity index (χ0) is 25.9. The molecule has 1 amide bonds. The van der Waals surface area contributed by atoms with Gasteiger partial charge in [0.2, 0.25) is 0 Å². The van der Waals surface area contributed by atoms with Crippen molar-refractivity contribution in [2.24, 2.45) is 0 Å². The molecule has 0 aliphatic carbocycles. The minimum atomic E-state index is -4.00. The van der Waals surface area contributed by atoms with Crippen LogP contribution in [0.2, 0.25) is 10.0 Å². The second kappa shape index (κ2) is 11.5. The third-order valence-corrected chi connectivity index (χ3v) is 9.18. The smallest absolute Gasteiger partial charge is 0.265 e. The molecule has 0 atom stereocenters. The first-order valence-corrected chi connectivity index (χ1v) is 14.3. The maximum Gasteiger partial charge on any atom is 0.265 e. The SMILES string of the molecule is CN(c1ccc(Cl)cc1)S(=O)(=O)c1cc(C(=O)N2CCC(OCc3ccc(Br)cc3)CC2)ccc1Cl. The molecule has 1 aliphatic heterocycles. The topological polar surface area (TPSA) is 66.9 Å². The van der Waals surface area contributed by atoms with Gasteiger partial charge < -0.3 is 9.64 Å². The highest BCUT2D eigenvalue weighted by Gasteiger charge is 2.28. The highest BCUT2D eigenvalue weighted by molar-refractivity contribution is 9.10. The number of carbonyl (C=O) groups is 1. The van der Waals surface area contributed by atoms with E-state index in [2.05, 4.69) is 15.9 Å². The van der Waals surface area contributed by atoms with Gasteiger partial charge in [-0.1, -0.05) is 51.3 Å². The van der Waals surface area contributed by atoms with Gasteiger partial charge in [-0.15, -0.1) is 0 Å². The Morgan fingerprint density at radius 3 is 2.31 bits per heavy atom. The monoisotopic (exact) mass is 610 g/mol. The molecule has 0 aromatic heterocycles. The molecule has 3 aromatic carbocycles. The second-order valence-corrected chi connectivity index (χ2v) is 12.2. The first-order chi connectivity index (χ1) is 17.1. The molecule has 0 N–H and O–H groups in total. The average Bonchev–Trinajstić information content (AvgIpc) is 2.88. The van der Waals surface area contributed by atoms with Crippen molar-refractivity contribution in [1.82, 2.24) is 4.90 Å². The number of anilines is 1. The molecule has 1 heterocycles. The van der Waals surface area contributed by atoms with Crippen molar-refractivity contribution in [3.05, 3.63) is 92.4 Å². The summed E-state index contributed by atoms with van der Waals surface area (Å²) in [6, 6.07) is 18.8. The summed E-state index contributed by atoms with van der Waals surface area (Å²) < 4.78 is 34.8. The number of nitrogens with zero attached hydrogens (tertiary/aromatic N) is 2. The van der Waals surface area contributed by atoms with Gasteiger partial charge in [-0.05, 0) is 73.0 Å². The van der Waals surface area contributed by atoms with Crippen LogP contribution in [0.3, 0.4) is 0 Å². The summed E-state index contributed by atoms with van der Waals surface area (Å²) in [5.41, 5.74) is 1.80. The van der Waals surface area contributed by atoms with Crippen LogP contribution in [0.25, 0.3) is 0 Å². The number of ether oxygens (including phenoxy) is 1. The Morgan fingerprint density at radius 1 is 1.03 bits per heavy atom. The van der Waals surface area contributed by atoms with Crippen molar-refractivity contribution in [2.75, 3.05) is 24.4 Å². The minimum absolute atomic E-state index is 0.0485. The fourth-order valence-corrected chi connectivity index (χ4v) is 6.06. The third-order valence-electron chi connectivity index (χ3n) is 6.13. The molecular formula is C26H25BrCl2N2O4S. The lowest BCUT2D eigenvalue weighted by atomic mass is 10.1. The summed E-state index contributed by atoms with van der Waals surface area (Å²) in [4.78, 5) is 14.8. The molecule has 1 aliphatic rings. The summed E-state index contributed by atoms with van der Waals surface area (Å²) in [6.45, 7) is 1.57. The molecule has 4 rings (SSSR count). The summed E-state index contributed by atoms with van der Waals surface area (Å²) in [5, 5.41) is 0.546. The lowest BCUT2D eigenvalue weighted by molar-refractivity contribution is -0.000388. The van der Waals surface area contributed by atoms with Gasteiger partial charge >= 0.3 is 0 Å². The van der Waals surface area contributed by atoms with Crippen molar-refractivity contribution in [3.63, 3.8) is 0 Å². The Bertz CT molecular complexity index is 1330. The van der Waals surface area contributed by atoms with Crippen LogP contribution in [0.1, 0.15) is 28.8 Å². The molecule has 6 nitrogen and oxygen atoms in total. The largest absolute Gasteiger partial charge is 0.373 e. The lowest BCUT2D eigenvalue weighted by Gasteiger charge is -2.32. The van der Waals surface area contributed by atoms with Gasteiger partial charge in [-0.3, -0.25) is 9.10 Å². The Balaban J connectivity index is 1.42. The predicted octanol–water partition coefficient (Wildman–Crippen LogP) is 6.40. The van der Waals surface area contributed by atoms with E-state index in [9.17, 15) is 13.2 Å². The molecule has 0 saturated carbocycles. The summed E-state index contributed by atoms with van der Waals surface area (Å²) in [7, 11) is -2.57. The van der Waals surface area contributed by atoms with E-state index >= 15 is 0 Å². The first kappa shape index (κ1) is 26.9. The Morgan fingerprint density at radius 2 is 1.67 bits per heavy atom. The number of piperidine rings is 1. The molecule has 0 radical (unpaired) electrons. The fourth-order valence-electron chi connectivity index (χ4n) is 3.97. The Kier molecular flexibility index (Phi) is 8.63. The minimum Gasteiger partial charge on any atom is -0.373 e. The average molecular weight is 612 g/mol. The molecule has 1 fully saturated rings. The second-order valence-electron chi connectivity index (χ2n) is 8.52. The van der Waals surface area contributed by atoms with Gasteiger partial charge in [0.05, 0.1) is 23.4 Å². The van der Waals surface area contributed by atoms with Crippen LogP contribution >= 0.6 is 39.1 Å². The Hall–Kier alpha value is -2.10. The summed E-state index contributed by atoms with van der Waals surface area (Å²) in [6.07, 6.45) is 1.48. The first-order valence-electron chi connectivity index (χ1n) is 11.3. The van der Waals surface area contributed by atoms with E-state index in [0.717, 1.165) is 14.3 Å². The zero-order valence-electron chi connectivity index (χ0n) is 19.5. The molecular weight excluding hydrogens is 587 g/mol. The van der Waals surface area contributed by atoms with E-state index in [1.807, 2.05) is 24.3 Å². The molecule has 190 valence electrons. The number of carbonyl (C=O) groups excluding carboxylic acids is 1. The normalized spacial score (nSPS) is 14.6. The maximum absolute atomic E-state index is 13.3. The number of hydrogen-bond donors (Lipinski definition) is 0. The number of likely N-dealkylation sites (tertiary alicyclic amines) is 1. The van der Waals surface area contributed by atoms with E-state index < -0.39 is 10.0 Å². The number of sulfonamides is 1. The Labute approximate surface area is 229 Å². The van der Waals surface area contributed by atoms with Crippen LogP contribution in [0.5, 0.6) is 0 Å². The highest BCUT2D eigenvalue weighted by atomic mass is 79.9. The predicted molar refractivity (Wildman–Crippen MR) is 146 cm³/mol. The van der Waals surface area contributed by atoms with E-state index in [-0.39, 0.29) is 27.5 Å². The van der Waals surface area contributed by atoms with Crippen molar-refractivity contribution < 1.29 is 17.9 Å². The molecule has 0 unspecified atom stereocenters. The summed E-state index contributed by atoms with van der Waals surface area (Å²) >= 11 is 15.6. The van der Waals surface area contributed by atoms with Crippen LogP contribution < -0.4 is 4.31 Å². The number of rotatable bonds is 7. The molecule has 0 bridgehead atoms. The highest BCUT2D eigenvalue weighted by Crippen LogP contribution is 2.30. The van der Waals surface area contributed by atoms with E-state index in [1.54, 1.807) is 35.2 Å². The molecule has 3 aromatic rings. The van der Waals surface area contributed by atoms with E-state index in [1.165, 1.54) is 19.2 Å². The van der Waals surface area contributed by atoms with Crippen molar-refractivity contribution in [1.29, 1.82) is 0 Å². The molecule has 0 spiro atoms. The van der Waals surface area contributed by atoms with Crippen LogP contribution in [0.4, 0.5) is 5.69 Å². The quantitative estimate of drug-likeness (QED) is 0.310. The number of hydrogen-bond acceptors (Lipinski definition) is 4. The van der Waals surface area contributed by atoms with Crippen LogP contribution in [-0.4, -0.2) is 45.5 Å². The van der Waals surface area contributed by atoms with Crippen molar-refractivity contribution in [3.8, 4) is 0 Å². The maximum atomic E-state index is 13.3. The van der Waals surface area contributed by atoms with Crippen LogP contribution in [0, 0.1) is 0 Å². The van der Waals surface area contributed by atoms with E-state index in [4.69, 9.17) is 27.9 Å². The van der Waals surface area contributed by atoms with Gasteiger partial charge in [0.15, 0.2) is 0 Å². The number of halogens is 3. The summed E-state index contributed by atoms with van der Waals surface area (Å²) in [5.74, 6) is -0.233. The van der Waals surface area contributed by atoms with Crippen molar-refractivity contribution in [2.45, 2.75) is 30.4 Å². The molecule has 1 saturated heterocycles. The van der Waals surface area contributed by atoms with Gasteiger partial charge in [-0.2, -0.15) is 0 Å². The van der Waals surface area contributed by atoms with Gasteiger partial charge in [0, 0.05) is 35.2 Å². The molecule has 36 heavy (non-hydrogen) atoms. The lowest BCUT2D eigenvalue weighted by Crippen LogP contribution is -2.41. The van der Waals surface area contributed by atoms with Gasteiger partial charge in [-0.25, -0.2) is 8.42 Å².